The molecule has 3 rings (SSSR count). The quantitative estimate of drug-likeness (QED) is 0.662. The number of hydrogen-bond donors (Lipinski definition) is 1. The van der Waals surface area contributed by atoms with Crippen LogP contribution in [0.3, 0.4) is 0 Å². The van der Waals surface area contributed by atoms with Crippen LogP contribution in [0.2, 0.25) is 0 Å². The summed E-state index contributed by atoms with van der Waals surface area (Å²) in [5.74, 6) is 0.924. The summed E-state index contributed by atoms with van der Waals surface area (Å²) in [7, 11) is 0. The van der Waals surface area contributed by atoms with Crippen molar-refractivity contribution < 1.29 is 0 Å². The average molecular weight is 360 g/mol. The molecule has 3 heteroatoms. The Bertz CT molecular complexity index is 685. The molecule has 0 saturated carbocycles. The predicted octanol–water partition coefficient (Wildman–Crippen LogP) is 4.66. The van der Waals surface area contributed by atoms with Crippen LogP contribution in [0.1, 0.15) is 5.69 Å². The van der Waals surface area contributed by atoms with Crippen LogP contribution in [0.25, 0.3) is 22.6 Å². The highest BCUT2D eigenvalue weighted by Crippen LogP contribution is 2.25. The highest BCUT2D eigenvalue weighted by Gasteiger charge is 2.09. The van der Waals surface area contributed by atoms with E-state index in [9.17, 15) is 0 Å². The lowest BCUT2D eigenvalue weighted by Crippen LogP contribution is -1.81. The summed E-state index contributed by atoms with van der Waals surface area (Å²) in [6.45, 7) is 2.06. The Hall–Kier alpha value is -1.62. The van der Waals surface area contributed by atoms with Gasteiger partial charge in [-0.25, -0.2) is 4.98 Å². The third kappa shape index (κ3) is 2.56. The predicted molar refractivity (Wildman–Crippen MR) is 86.9 cm³/mol. The number of benzene rings is 2. The minimum atomic E-state index is 0.924. The van der Waals surface area contributed by atoms with Crippen molar-refractivity contribution in [3.05, 3.63) is 63.9 Å². The van der Waals surface area contributed by atoms with Crippen LogP contribution in [-0.2, 0) is 0 Å². The molecule has 0 aliphatic heterocycles. The Balaban J connectivity index is 2.04. The summed E-state index contributed by atoms with van der Waals surface area (Å²) < 4.78 is 1.23. The van der Waals surface area contributed by atoms with Gasteiger partial charge in [0, 0.05) is 20.4 Å². The van der Waals surface area contributed by atoms with Crippen molar-refractivity contribution in [2.45, 2.75) is 6.92 Å². The van der Waals surface area contributed by atoms with E-state index in [0.717, 1.165) is 28.3 Å². The highest BCUT2D eigenvalue weighted by atomic mass is 127. The molecule has 0 amide bonds. The number of hydrogen-bond acceptors (Lipinski definition) is 1. The van der Waals surface area contributed by atoms with Gasteiger partial charge < -0.3 is 4.98 Å². The third-order valence-electron chi connectivity index (χ3n) is 3.05. The second-order valence-electron chi connectivity index (χ2n) is 4.43. The third-order valence-corrected chi connectivity index (χ3v) is 3.77. The van der Waals surface area contributed by atoms with Crippen LogP contribution in [0.4, 0.5) is 0 Å². The fourth-order valence-electron chi connectivity index (χ4n) is 2.08. The lowest BCUT2D eigenvalue weighted by molar-refractivity contribution is 1.25. The van der Waals surface area contributed by atoms with E-state index in [-0.39, 0.29) is 0 Å². The molecular formula is C16H13IN2. The highest BCUT2D eigenvalue weighted by molar-refractivity contribution is 14.1. The zero-order valence-electron chi connectivity index (χ0n) is 10.5. The molecule has 2 nitrogen and oxygen atoms in total. The van der Waals surface area contributed by atoms with Crippen molar-refractivity contribution in [1.29, 1.82) is 0 Å². The molecule has 1 N–H and O–H groups in total. The van der Waals surface area contributed by atoms with Crippen molar-refractivity contribution in [3.8, 4) is 22.6 Å². The number of rotatable bonds is 2. The molecule has 19 heavy (non-hydrogen) atoms. The van der Waals surface area contributed by atoms with Crippen LogP contribution in [-0.4, -0.2) is 9.97 Å². The first-order valence-electron chi connectivity index (χ1n) is 6.12. The zero-order chi connectivity index (χ0) is 13.2. The van der Waals surface area contributed by atoms with Crippen LogP contribution >= 0.6 is 22.6 Å². The maximum Gasteiger partial charge on any atom is 0.138 e. The molecule has 3 aromatic rings. The van der Waals surface area contributed by atoms with Crippen LogP contribution < -0.4 is 0 Å². The average Bonchev–Trinajstić information content (AvgIpc) is 2.83. The van der Waals surface area contributed by atoms with Crippen molar-refractivity contribution in [3.63, 3.8) is 0 Å². The minimum Gasteiger partial charge on any atom is -0.342 e. The number of aryl methyl sites for hydroxylation is 1. The second-order valence-corrected chi connectivity index (χ2v) is 5.68. The summed E-state index contributed by atoms with van der Waals surface area (Å²) in [6, 6.07) is 18.6. The largest absolute Gasteiger partial charge is 0.342 e. The Morgan fingerprint density at radius 2 is 1.58 bits per heavy atom. The first-order chi connectivity index (χ1) is 9.24. The van der Waals surface area contributed by atoms with E-state index in [1.54, 1.807) is 0 Å². The van der Waals surface area contributed by atoms with Gasteiger partial charge in [-0.2, -0.15) is 0 Å². The van der Waals surface area contributed by atoms with Crippen LogP contribution in [0, 0.1) is 10.5 Å². The first kappa shape index (κ1) is 12.4. The van der Waals surface area contributed by atoms with Gasteiger partial charge in [-0.1, -0.05) is 42.5 Å². The van der Waals surface area contributed by atoms with Crippen molar-refractivity contribution in [2.24, 2.45) is 0 Å². The number of aromatic nitrogens is 2. The Labute approximate surface area is 126 Å². The van der Waals surface area contributed by atoms with Gasteiger partial charge in [0.05, 0.1) is 5.69 Å². The van der Waals surface area contributed by atoms with E-state index >= 15 is 0 Å². The Morgan fingerprint density at radius 1 is 0.895 bits per heavy atom. The number of imidazole rings is 1. The van der Waals surface area contributed by atoms with Gasteiger partial charge in [-0.15, -0.1) is 0 Å². The van der Waals surface area contributed by atoms with E-state index in [1.165, 1.54) is 3.57 Å². The van der Waals surface area contributed by atoms with Gasteiger partial charge in [0.1, 0.15) is 5.82 Å². The standard InChI is InChI=1S/C16H13IN2/c1-11-15(12-5-3-2-4-6-12)19-16(18-11)13-7-9-14(17)10-8-13/h2-10H,1H3,(H,18,19). The fourth-order valence-corrected chi connectivity index (χ4v) is 2.44. The fraction of sp³-hybridized carbons (Fsp3) is 0.0625. The number of nitrogens with zero attached hydrogens (tertiary/aromatic N) is 1. The first-order valence-corrected chi connectivity index (χ1v) is 7.20. The molecular weight excluding hydrogens is 347 g/mol. The molecule has 94 valence electrons. The van der Waals surface area contributed by atoms with E-state index in [4.69, 9.17) is 4.98 Å². The molecule has 0 unspecified atom stereocenters. The molecule has 0 aliphatic carbocycles. The Kier molecular flexibility index (Phi) is 3.38. The number of nitrogens with one attached hydrogen (secondary N) is 1. The van der Waals surface area contributed by atoms with Crippen molar-refractivity contribution in [1.82, 2.24) is 9.97 Å². The van der Waals surface area contributed by atoms with E-state index in [2.05, 4.69) is 70.9 Å². The molecule has 0 aliphatic rings. The molecule has 0 atom stereocenters. The normalized spacial score (nSPS) is 10.6. The minimum absolute atomic E-state index is 0.924. The number of halogens is 1. The van der Waals surface area contributed by atoms with Crippen LogP contribution in [0.5, 0.6) is 0 Å². The van der Waals surface area contributed by atoms with Gasteiger partial charge >= 0.3 is 0 Å². The lowest BCUT2D eigenvalue weighted by Gasteiger charge is -1.97. The molecule has 0 radical (unpaired) electrons. The van der Waals surface area contributed by atoms with Crippen LogP contribution in [0.15, 0.2) is 54.6 Å². The van der Waals surface area contributed by atoms with E-state index < -0.39 is 0 Å². The lowest BCUT2D eigenvalue weighted by atomic mass is 10.1. The topological polar surface area (TPSA) is 28.7 Å². The van der Waals surface area contributed by atoms with Crippen molar-refractivity contribution in [2.75, 3.05) is 0 Å². The summed E-state index contributed by atoms with van der Waals surface area (Å²) in [5, 5.41) is 0. The summed E-state index contributed by atoms with van der Waals surface area (Å²) in [5.41, 5.74) is 4.38. The Morgan fingerprint density at radius 3 is 2.26 bits per heavy atom. The van der Waals surface area contributed by atoms with Gasteiger partial charge in [-0.3, -0.25) is 0 Å². The molecule has 0 bridgehead atoms. The molecule has 2 aromatic carbocycles. The number of H-pyrrole nitrogens is 1. The van der Waals surface area contributed by atoms with Gasteiger partial charge in [0.2, 0.25) is 0 Å². The maximum atomic E-state index is 4.72. The molecule has 1 heterocycles. The van der Waals surface area contributed by atoms with Crippen molar-refractivity contribution >= 4 is 22.6 Å². The molecule has 0 spiro atoms. The van der Waals surface area contributed by atoms with Gasteiger partial charge in [-0.05, 0) is 41.6 Å². The smallest absolute Gasteiger partial charge is 0.138 e. The van der Waals surface area contributed by atoms with E-state index in [0.29, 0.717) is 0 Å². The monoisotopic (exact) mass is 360 g/mol. The molecule has 0 fully saturated rings. The summed E-state index contributed by atoms with van der Waals surface area (Å²) >= 11 is 2.31. The summed E-state index contributed by atoms with van der Waals surface area (Å²) in [4.78, 5) is 8.09. The van der Waals surface area contributed by atoms with Gasteiger partial charge in [0.25, 0.3) is 0 Å². The molecule has 0 saturated heterocycles. The SMILES string of the molecule is Cc1[nH]c(-c2ccc(I)cc2)nc1-c1ccccc1. The summed E-state index contributed by atoms with van der Waals surface area (Å²) in [6.07, 6.45) is 0. The number of aromatic amines is 1. The maximum absolute atomic E-state index is 4.72. The molecule has 1 aromatic heterocycles. The van der Waals surface area contributed by atoms with E-state index in [1.807, 2.05) is 18.2 Å². The zero-order valence-corrected chi connectivity index (χ0v) is 12.7. The van der Waals surface area contributed by atoms with Gasteiger partial charge in [0.15, 0.2) is 0 Å². The second kappa shape index (κ2) is 5.17.